The van der Waals surface area contributed by atoms with Crippen molar-refractivity contribution in [2.75, 3.05) is 25.7 Å². The Kier molecular flexibility index (Phi) is 6.30. The molecule has 0 spiro atoms. The molecule has 1 aliphatic rings. The molecule has 146 valence electrons. The van der Waals surface area contributed by atoms with Crippen molar-refractivity contribution in [1.29, 1.82) is 0 Å². The number of nitrogens with zero attached hydrogens (tertiary/aromatic N) is 2. The molecule has 1 fully saturated rings. The van der Waals surface area contributed by atoms with E-state index in [0.29, 0.717) is 23.6 Å². The molecule has 3 rings (SSSR count). The molecule has 1 atom stereocenters. The fourth-order valence-corrected chi connectivity index (χ4v) is 3.29. The van der Waals surface area contributed by atoms with Gasteiger partial charge in [-0.15, -0.1) is 0 Å². The van der Waals surface area contributed by atoms with Crippen LogP contribution in [0.1, 0.15) is 12.0 Å². The Morgan fingerprint density at radius 1 is 1.21 bits per heavy atom. The molecule has 7 nitrogen and oxygen atoms in total. The van der Waals surface area contributed by atoms with Crippen molar-refractivity contribution < 1.29 is 19.1 Å². The van der Waals surface area contributed by atoms with Crippen LogP contribution in [0.3, 0.4) is 0 Å². The first-order valence-corrected chi connectivity index (χ1v) is 9.42. The van der Waals surface area contributed by atoms with E-state index in [0.717, 1.165) is 10.2 Å². The molecule has 8 heteroatoms. The maximum absolute atomic E-state index is 12.4. The summed E-state index contributed by atoms with van der Waals surface area (Å²) in [6, 6.07) is 12.8. The number of halogens is 1. The fourth-order valence-electron chi connectivity index (χ4n) is 3.02. The van der Waals surface area contributed by atoms with E-state index in [4.69, 9.17) is 9.47 Å². The Morgan fingerprint density at radius 3 is 2.64 bits per heavy atom. The Bertz CT molecular complexity index is 899. The summed E-state index contributed by atoms with van der Waals surface area (Å²) in [5.41, 5.74) is 3.95. The topological polar surface area (TPSA) is 80.2 Å². The van der Waals surface area contributed by atoms with Gasteiger partial charge in [-0.05, 0) is 36.4 Å². The van der Waals surface area contributed by atoms with Crippen LogP contribution in [0, 0.1) is 5.92 Å². The Hall–Kier alpha value is -2.87. The van der Waals surface area contributed by atoms with Crippen LogP contribution >= 0.6 is 15.9 Å². The van der Waals surface area contributed by atoms with Gasteiger partial charge < -0.3 is 14.4 Å². The highest BCUT2D eigenvalue weighted by molar-refractivity contribution is 9.10. The zero-order chi connectivity index (χ0) is 20.1. The Labute approximate surface area is 171 Å². The van der Waals surface area contributed by atoms with Gasteiger partial charge in [0.2, 0.25) is 11.8 Å². The van der Waals surface area contributed by atoms with Gasteiger partial charge in [-0.3, -0.25) is 9.59 Å². The van der Waals surface area contributed by atoms with Gasteiger partial charge in [0.25, 0.3) is 0 Å². The zero-order valence-electron chi connectivity index (χ0n) is 15.5. The van der Waals surface area contributed by atoms with E-state index >= 15 is 0 Å². The normalized spacial score (nSPS) is 16.5. The van der Waals surface area contributed by atoms with E-state index in [1.807, 2.05) is 24.3 Å². The second-order valence-corrected chi connectivity index (χ2v) is 7.11. The Balaban J connectivity index is 1.64. The van der Waals surface area contributed by atoms with E-state index in [9.17, 15) is 9.59 Å². The summed E-state index contributed by atoms with van der Waals surface area (Å²) >= 11 is 3.37. The molecule has 1 heterocycles. The standard InChI is InChI=1S/C20H20BrN3O4/c1-27-17-5-3-4-13(19(17)28-2)11-22-23-20(26)14-10-18(25)24(12-14)16-8-6-15(21)7-9-16/h3-9,11,14H,10,12H2,1-2H3,(H,23,26)/b22-11-/t14-/m0/s1. The average Bonchev–Trinajstić information content (AvgIpc) is 3.10. The van der Waals surface area contributed by atoms with Gasteiger partial charge in [-0.25, -0.2) is 5.43 Å². The number of nitrogens with one attached hydrogen (secondary N) is 1. The predicted molar refractivity (Wildman–Crippen MR) is 110 cm³/mol. The minimum atomic E-state index is -0.458. The van der Waals surface area contributed by atoms with E-state index < -0.39 is 5.92 Å². The summed E-state index contributed by atoms with van der Waals surface area (Å²) in [7, 11) is 3.09. The quantitative estimate of drug-likeness (QED) is 0.547. The molecule has 1 N–H and O–H groups in total. The van der Waals surface area contributed by atoms with Gasteiger partial charge >= 0.3 is 0 Å². The molecule has 0 unspecified atom stereocenters. The molecule has 0 bridgehead atoms. The Morgan fingerprint density at radius 2 is 1.96 bits per heavy atom. The third-order valence-corrected chi connectivity index (χ3v) is 4.97. The monoisotopic (exact) mass is 445 g/mol. The summed E-state index contributed by atoms with van der Waals surface area (Å²) in [4.78, 5) is 26.3. The number of anilines is 1. The molecule has 2 aromatic carbocycles. The third-order valence-electron chi connectivity index (χ3n) is 4.45. The predicted octanol–water partition coefficient (Wildman–Crippen LogP) is 2.97. The van der Waals surface area contributed by atoms with Crippen LogP contribution in [-0.4, -0.2) is 38.8 Å². The smallest absolute Gasteiger partial charge is 0.245 e. The van der Waals surface area contributed by atoms with Crippen molar-refractivity contribution in [3.8, 4) is 11.5 Å². The lowest BCUT2D eigenvalue weighted by molar-refractivity contribution is -0.126. The highest BCUT2D eigenvalue weighted by atomic mass is 79.9. The number of carbonyl (C=O) groups excluding carboxylic acids is 2. The summed E-state index contributed by atoms with van der Waals surface area (Å²) in [6.07, 6.45) is 1.64. The first kappa shape index (κ1) is 19.9. The van der Waals surface area contributed by atoms with Crippen LogP contribution in [0.4, 0.5) is 5.69 Å². The molecule has 0 saturated carbocycles. The van der Waals surface area contributed by atoms with E-state index in [1.165, 1.54) is 13.3 Å². The van der Waals surface area contributed by atoms with Crippen LogP contribution in [0.25, 0.3) is 0 Å². The number of hydrogen-bond donors (Lipinski definition) is 1. The van der Waals surface area contributed by atoms with Crippen molar-refractivity contribution in [1.82, 2.24) is 5.43 Å². The summed E-state index contributed by atoms with van der Waals surface area (Å²) in [5.74, 6) is 0.261. The maximum atomic E-state index is 12.4. The first-order chi connectivity index (χ1) is 13.5. The van der Waals surface area contributed by atoms with Gasteiger partial charge in [0.1, 0.15) is 0 Å². The number of hydrazone groups is 1. The van der Waals surface area contributed by atoms with Gasteiger partial charge in [0, 0.05) is 28.7 Å². The number of rotatable bonds is 6. The molecule has 0 aromatic heterocycles. The summed E-state index contributed by atoms with van der Waals surface area (Å²) < 4.78 is 11.5. The van der Waals surface area contributed by atoms with Gasteiger partial charge in [0.15, 0.2) is 11.5 Å². The van der Waals surface area contributed by atoms with Crippen molar-refractivity contribution in [2.45, 2.75) is 6.42 Å². The SMILES string of the molecule is COc1cccc(/C=N\NC(=O)[C@H]2CC(=O)N(c3ccc(Br)cc3)C2)c1OC. The van der Waals surface area contributed by atoms with E-state index in [1.54, 1.807) is 30.2 Å². The minimum Gasteiger partial charge on any atom is -0.493 e. The number of ether oxygens (including phenoxy) is 2. The van der Waals surface area contributed by atoms with Crippen molar-refractivity contribution in [2.24, 2.45) is 11.0 Å². The van der Waals surface area contributed by atoms with E-state index in [2.05, 4.69) is 26.5 Å². The largest absolute Gasteiger partial charge is 0.493 e. The van der Waals surface area contributed by atoms with Crippen molar-refractivity contribution >= 4 is 39.6 Å². The highest BCUT2D eigenvalue weighted by Gasteiger charge is 2.35. The summed E-state index contributed by atoms with van der Waals surface area (Å²) in [5, 5.41) is 4.01. The highest BCUT2D eigenvalue weighted by Crippen LogP contribution is 2.29. The molecule has 28 heavy (non-hydrogen) atoms. The minimum absolute atomic E-state index is 0.0825. The lowest BCUT2D eigenvalue weighted by Gasteiger charge is -2.16. The third kappa shape index (κ3) is 4.33. The number of amides is 2. The molecule has 2 amide bonds. The number of methoxy groups -OCH3 is 2. The second-order valence-electron chi connectivity index (χ2n) is 6.20. The molecule has 0 aliphatic carbocycles. The lowest BCUT2D eigenvalue weighted by atomic mass is 10.1. The molecule has 1 saturated heterocycles. The van der Waals surface area contributed by atoms with Crippen molar-refractivity contribution in [3.05, 3.63) is 52.5 Å². The van der Waals surface area contributed by atoms with Crippen LogP contribution in [-0.2, 0) is 9.59 Å². The average molecular weight is 446 g/mol. The molecular weight excluding hydrogens is 426 g/mol. The van der Waals surface area contributed by atoms with Crippen LogP contribution in [0.15, 0.2) is 52.0 Å². The molecule has 2 aromatic rings. The number of hydrogen-bond acceptors (Lipinski definition) is 5. The zero-order valence-corrected chi connectivity index (χ0v) is 17.1. The van der Waals surface area contributed by atoms with Gasteiger partial charge in [-0.1, -0.05) is 22.0 Å². The fraction of sp³-hybridized carbons (Fsp3) is 0.250. The molecule has 0 radical (unpaired) electrons. The van der Waals surface area contributed by atoms with Crippen LogP contribution < -0.4 is 19.8 Å². The second kappa shape index (κ2) is 8.88. The number of benzene rings is 2. The number of carbonyl (C=O) groups is 2. The lowest BCUT2D eigenvalue weighted by Crippen LogP contribution is -2.30. The molecule has 1 aliphatic heterocycles. The van der Waals surface area contributed by atoms with Gasteiger partial charge in [0.05, 0.1) is 26.4 Å². The van der Waals surface area contributed by atoms with Crippen molar-refractivity contribution in [3.63, 3.8) is 0 Å². The summed E-state index contributed by atoms with van der Waals surface area (Å²) in [6.45, 7) is 0.324. The van der Waals surface area contributed by atoms with Crippen LogP contribution in [0.2, 0.25) is 0 Å². The van der Waals surface area contributed by atoms with Gasteiger partial charge in [-0.2, -0.15) is 5.10 Å². The number of para-hydroxylation sites is 1. The van der Waals surface area contributed by atoms with Crippen LogP contribution in [0.5, 0.6) is 11.5 Å². The molecular formula is C20H20BrN3O4. The van der Waals surface area contributed by atoms with E-state index in [-0.39, 0.29) is 18.2 Å². The first-order valence-electron chi connectivity index (χ1n) is 8.63. The maximum Gasteiger partial charge on any atom is 0.245 e.